The zero-order valence-corrected chi connectivity index (χ0v) is 11.7. The van der Waals surface area contributed by atoms with Crippen LogP contribution < -0.4 is 10.4 Å². The van der Waals surface area contributed by atoms with Crippen LogP contribution in [0.3, 0.4) is 0 Å². The highest BCUT2D eigenvalue weighted by Crippen LogP contribution is 2.22. The number of carbonyl (C=O) groups is 2. The van der Waals surface area contributed by atoms with Crippen LogP contribution in [0.2, 0.25) is 0 Å². The van der Waals surface area contributed by atoms with Crippen LogP contribution in [-0.2, 0) is 9.53 Å². The van der Waals surface area contributed by atoms with Crippen molar-refractivity contribution >= 4 is 12.1 Å². The van der Waals surface area contributed by atoms with E-state index in [1.807, 2.05) is 0 Å². The number of aliphatic carboxylic acids is 1. The zero-order chi connectivity index (χ0) is 14.7. The van der Waals surface area contributed by atoms with Crippen LogP contribution in [0.5, 0.6) is 0 Å². The molecule has 0 aliphatic carbocycles. The lowest BCUT2D eigenvalue weighted by atomic mass is 9.84. The van der Waals surface area contributed by atoms with Crippen molar-refractivity contribution in [1.29, 1.82) is 0 Å². The third kappa shape index (κ3) is 5.86. The number of hydrogen-bond donors (Lipinski definition) is 2. The Balaban J connectivity index is 4.76. The van der Waals surface area contributed by atoms with Crippen LogP contribution in [0.25, 0.3) is 0 Å². The van der Waals surface area contributed by atoms with Crippen molar-refractivity contribution in [3.8, 4) is 0 Å². The molecule has 6 heteroatoms. The Morgan fingerprint density at radius 2 is 1.61 bits per heavy atom. The number of carbonyl (C=O) groups excluding carboxylic acids is 2. The summed E-state index contributed by atoms with van der Waals surface area (Å²) in [6.07, 6.45) is -2.19. The van der Waals surface area contributed by atoms with Crippen molar-refractivity contribution in [2.75, 3.05) is 0 Å². The molecule has 0 fully saturated rings. The molecule has 2 atom stereocenters. The molecule has 0 aliphatic heterocycles. The summed E-state index contributed by atoms with van der Waals surface area (Å²) in [5.41, 5.74) is -1.45. The van der Waals surface area contributed by atoms with Gasteiger partial charge in [0.25, 0.3) is 0 Å². The van der Waals surface area contributed by atoms with Crippen molar-refractivity contribution in [3.63, 3.8) is 0 Å². The standard InChI is InChI=1S/C12H23NO5/c1-11(2,3)8(14)7(9(15)16)13-10(17)18-12(4,5)6/h7-8,14H,1-6H3,(H,13,17)(H,15,16)/p-1/t7-,8-/m1/s1. The van der Waals surface area contributed by atoms with E-state index in [1.54, 1.807) is 41.5 Å². The van der Waals surface area contributed by atoms with Gasteiger partial charge in [-0.1, -0.05) is 20.8 Å². The van der Waals surface area contributed by atoms with E-state index in [1.165, 1.54) is 0 Å². The Bertz CT molecular complexity index is 313. The fourth-order valence-electron chi connectivity index (χ4n) is 1.20. The first-order valence-corrected chi connectivity index (χ1v) is 5.73. The number of aliphatic hydroxyl groups excluding tert-OH is 1. The normalized spacial score (nSPS) is 15.7. The molecular weight excluding hydrogens is 238 g/mol. The second-order valence-corrected chi connectivity index (χ2v) is 6.25. The molecule has 0 unspecified atom stereocenters. The summed E-state index contributed by atoms with van der Waals surface area (Å²) < 4.78 is 4.93. The number of ether oxygens (including phenoxy) is 1. The number of hydrogen-bond acceptors (Lipinski definition) is 5. The van der Waals surface area contributed by atoms with Gasteiger partial charge in [0.15, 0.2) is 0 Å². The summed E-state index contributed by atoms with van der Waals surface area (Å²) >= 11 is 0. The SMILES string of the molecule is CC(C)(C)OC(=O)N[C@@H](C(=O)[O-])[C@@H](O)C(C)(C)C. The fourth-order valence-corrected chi connectivity index (χ4v) is 1.20. The van der Waals surface area contributed by atoms with E-state index in [0.717, 1.165) is 0 Å². The fraction of sp³-hybridized carbons (Fsp3) is 0.833. The van der Waals surface area contributed by atoms with Gasteiger partial charge in [-0.25, -0.2) is 4.79 Å². The minimum atomic E-state index is -1.55. The van der Waals surface area contributed by atoms with Gasteiger partial charge >= 0.3 is 6.09 Å². The topological polar surface area (TPSA) is 98.7 Å². The molecule has 0 radical (unpaired) electrons. The molecule has 1 amide bonds. The average Bonchev–Trinajstić information content (AvgIpc) is 2.08. The lowest BCUT2D eigenvalue weighted by molar-refractivity contribution is -0.311. The van der Waals surface area contributed by atoms with E-state index in [2.05, 4.69) is 5.32 Å². The highest BCUT2D eigenvalue weighted by Gasteiger charge is 2.33. The molecule has 106 valence electrons. The number of rotatable bonds is 3. The second-order valence-electron chi connectivity index (χ2n) is 6.25. The summed E-state index contributed by atoms with van der Waals surface area (Å²) in [6, 6.07) is -1.51. The molecule has 0 bridgehead atoms. The highest BCUT2D eigenvalue weighted by atomic mass is 16.6. The Morgan fingerprint density at radius 3 is 1.89 bits per heavy atom. The van der Waals surface area contributed by atoms with Gasteiger partial charge in [0.2, 0.25) is 0 Å². The molecule has 0 saturated heterocycles. The van der Waals surface area contributed by atoms with Gasteiger partial charge in [0, 0.05) is 0 Å². The predicted molar refractivity (Wildman–Crippen MR) is 63.6 cm³/mol. The van der Waals surface area contributed by atoms with Crippen molar-refractivity contribution < 1.29 is 24.5 Å². The van der Waals surface area contributed by atoms with Crippen LogP contribution in [0, 0.1) is 5.41 Å². The second kappa shape index (κ2) is 5.56. The number of aliphatic hydroxyl groups is 1. The maximum absolute atomic E-state index is 11.5. The molecule has 0 aromatic heterocycles. The summed E-state index contributed by atoms with van der Waals surface area (Å²) in [4.78, 5) is 22.4. The van der Waals surface area contributed by atoms with E-state index in [-0.39, 0.29) is 0 Å². The average molecular weight is 260 g/mol. The third-order valence-electron chi connectivity index (χ3n) is 2.13. The number of carboxylic acids is 1. The first-order valence-electron chi connectivity index (χ1n) is 5.73. The Kier molecular flexibility index (Phi) is 5.16. The molecule has 6 nitrogen and oxygen atoms in total. The summed E-state index contributed by atoms with van der Waals surface area (Å²) in [5, 5.41) is 22.9. The van der Waals surface area contributed by atoms with Crippen molar-refractivity contribution in [2.45, 2.75) is 59.3 Å². The monoisotopic (exact) mass is 260 g/mol. The Hall–Kier alpha value is -1.30. The van der Waals surface area contributed by atoms with E-state index in [9.17, 15) is 19.8 Å². The lowest BCUT2D eigenvalue weighted by Crippen LogP contribution is -2.58. The number of amides is 1. The molecule has 0 aromatic carbocycles. The maximum Gasteiger partial charge on any atom is 0.408 e. The third-order valence-corrected chi connectivity index (χ3v) is 2.13. The first kappa shape index (κ1) is 16.7. The minimum Gasteiger partial charge on any atom is -0.548 e. The van der Waals surface area contributed by atoms with Crippen molar-refractivity contribution in [3.05, 3.63) is 0 Å². The zero-order valence-electron chi connectivity index (χ0n) is 11.7. The maximum atomic E-state index is 11.5. The molecular formula is C12H22NO5-. The van der Waals surface area contributed by atoms with Gasteiger partial charge in [-0.2, -0.15) is 0 Å². The molecule has 0 saturated carbocycles. The van der Waals surface area contributed by atoms with Gasteiger partial charge in [0.05, 0.1) is 18.1 Å². The number of alkyl carbamates (subject to hydrolysis) is 1. The lowest BCUT2D eigenvalue weighted by Gasteiger charge is -2.34. The molecule has 0 aliphatic rings. The van der Waals surface area contributed by atoms with Gasteiger partial charge in [-0.3, -0.25) is 0 Å². The largest absolute Gasteiger partial charge is 0.548 e. The first-order chi connectivity index (χ1) is 7.84. The van der Waals surface area contributed by atoms with Gasteiger partial charge in [-0.15, -0.1) is 0 Å². The van der Waals surface area contributed by atoms with Crippen LogP contribution in [0.1, 0.15) is 41.5 Å². The molecule has 0 heterocycles. The quantitative estimate of drug-likeness (QED) is 0.746. The van der Waals surface area contributed by atoms with Gasteiger partial charge < -0.3 is 25.1 Å². The summed E-state index contributed by atoms with van der Waals surface area (Å²) in [6.45, 7) is 9.93. The summed E-state index contributed by atoms with van der Waals surface area (Å²) in [7, 11) is 0. The predicted octanol–water partition coefficient (Wildman–Crippen LogP) is 0.0366. The molecule has 18 heavy (non-hydrogen) atoms. The Morgan fingerprint density at radius 1 is 1.17 bits per heavy atom. The Labute approximate surface area is 107 Å². The smallest absolute Gasteiger partial charge is 0.408 e. The minimum absolute atomic E-state index is 0.709. The van der Waals surface area contributed by atoms with E-state index < -0.39 is 35.2 Å². The molecule has 2 N–H and O–H groups in total. The molecule has 0 aromatic rings. The van der Waals surface area contributed by atoms with Crippen LogP contribution in [0.4, 0.5) is 4.79 Å². The number of carboxylic acid groups (broad SMARTS) is 1. The number of nitrogens with one attached hydrogen (secondary N) is 1. The molecule has 0 rings (SSSR count). The van der Waals surface area contributed by atoms with E-state index in [4.69, 9.17) is 4.74 Å². The highest BCUT2D eigenvalue weighted by molar-refractivity contribution is 5.79. The van der Waals surface area contributed by atoms with Gasteiger partial charge in [0.1, 0.15) is 5.60 Å². The van der Waals surface area contributed by atoms with Crippen LogP contribution in [-0.4, -0.2) is 34.9 Å². The summed E-state index contributed by atoms with van der Waals surface area (Å²) in [5.74, 6) is -1.55. The van der Waals surface area contributed by atoms with Crippen molar-refractivity contribution in [2.24, 2.45) is 5.41 Å². The van der Waals surface area contributed by atoms with Crippen molar-refractivity contribution in [1.82, 2.24) is 5.32 Å². The molecule has 0 spiro atoms. The van der Waals surface area contributed by atoms with Crippen LogP contribution >= 0.6 is 0 Å². The van der Waals surface area contributed by atoms with Gasteiger partial charge in [-0.05, 0) is 26.2 Å². The van der Waals surface area contributed by atoms with Crippen LogP contribution in [0.15, 0.2) is 0 Å². The van der Waals surface area contributed by atoms with E-state index >= 15 is 0 Å². The van der Waals surface area contributed by atoms with E-state index in [0.29, 0.717) is 0 Å².